The van der Waals surface area contributed by atoms with Crippen LogP contribution in [0.2, 0.25) is 0 Å². The molecule has 0 spiro atoms. The molecule has 0 aromatic heterocycles. The van der Waals surface area contributed by atoms with E-state index < -0.39 is 23.5 Å². The van der Waals surface area contributed by atoms with Gasteiger partial charge in [-0.1, -0.05) is 0 Å². The van der Waals surface area contributed by atoms with E-state index in [1.165, 1.54) is 0 Å². The van der Waals surface area contributed by atoms with Gasteiger partial charge in [0.05, 0.1) is 0 Å². The van der Waals surface area contributed by atoms with Crippen molar-refractivity contribution < 1.29 is 18.1 Å². The van der Waals surface area contributed by atoms with Gasteiger partial charge in [-0.05, 0) is 0 Å². The Balaban J connectivity index is 3.15. The maximum absolute atomic E-state index is 6.24. The van der Waals surface area contributed by atoms with Crippen LogP contribution in [0.25, 0.3) is 0 Å². The molecule has 0 amide bonds. The van der Waals surface area contributed by atoms with Crippen molar-refractivity contribution in [1.82, 2.24) is 9.72 Å². The van der Waals surface area contributed by atoms with Gasteiger partial charge in [0.1, 0.15) is 0 Å². The predicted octanol–water partition coefficient (Wildman–Crippen LogP) is 3.57. The summed E-state index contributed by atoms with van der Waals surface area (Å²) in [4.78, 5) is 6.50. The SMILES string of the molecule is CCCO[PH]1(OCCC)N=P(N)(N)N[PH](OCCC)(OCCC)N1. The summed E-state index contributed by atoms with van der Waals surface area (Å²) in [6.45, 7) is 10.2. The Morgan fingerprint density at radius 2 is 1.21 bits per heavy atom. The van der Waals surface area contributed by atoms with Gasteiger partial charge >= 0.3 is 147 Å². The van der Waals surface area contributed by atoms with Gasteiger partial charge in [-0.15, -0.1) is 0 Å². The van der Waals surface area contributed by atoms with Crippen LogP contribution in [0.4, 0.5) is 0 Å². The third-order valence-electron chi connectivity index (χ3n) is 2.97. The first kappa shape index (κ1) is 22.8. The normalized spacial score (nSPS) is 24.1. The summed E-state index contributed by atoms with van der Waals surface area (Å²) in [6, 6.07) is 0. The first-order valence-electron chi connectivity index (χ1n) is 8.71. The van der Waals surface area contributed by atoms with Crippen molar-refractivity contribution in [3.05, 3.63) is 0 Å². The van der Waals surface area contributed by atoms with Crippen molar-refractivity contribution in [3.8, 4) is 0 Å². The maximum atomic E-state index is 6.24. The molecule has 0 atom stereocenters. The number of nitrogens with one attached hydrogen (secondary N) is 2. The molecule has 0 bridgehead atoms. The van der Waals surface area contributed by atoms with E-state index in [1.54, 1.807) is 0 Å². The molecule has 0 aromatic carbocycles. The summed E-state index contributed by atoms with van der Waals surface area (Å²) < 4.78 is 28.7. The van der Waals surface area contributed by atoms with E-state index in [0.29, 0.717) is 26.4 Å². The Morgan fingerprint density at radius 1 is 0.792 bits per heavy atom. The molecule has 0 aromatic rings. The number of hydrogen-bond acceptors (Lipinski definition) is 9. The van der Waals surface area contributed by atoms with Crippen LogP contribution in [0, 0.1) is 0 Å². The van der Waals surface area contributed by atoms with Crippen LogP contribution in [0.3, 0.4) is 0 Å². The average molecular weight is 407 g/mol. The van der Waals surface area contributed by atoms with E-state index in [1.807, 2.05) is 27.7 Å². The predicted molar refractivity (Wildman–Crippen MR) is 106 cm³/mol. The fourth-order valence-corrected chi connectivity index (χ4v) is 13.6. The Labute approximate surface area is 147 Å². The quantitative estimate of drug-likeness (QED) is 0.362. The second-order valence-electron chi connectivity index (χ2n) is 5.67. The minimum atomic E-state index is -3.17. The van der Waals surface area contributed by atoms with Crippen LogP contribution in [-0.4, -0.2) is 26.4 Å². The summed E-state index contributed by atoms with van der Waals surface area (Å²) in [7, 11) is -9.05. The van der Waals surface area contributed by atoms with E-state index in [0.717, 1.165) is 25.7 Å². The van der Waals surface area contributed by atoms with Crippen molar-refractivity contribution in [2.24, 2.45) is 15.5 Å². The Kier molecular flexibility index (Phi) is 10.3. The molecule has 0 saturated heterocycles. The Morgan fingerprint density at radius 3 is 1.62 bits per heavy atom. The Hall–Kier alpha value is 0.770. The fraction of sp³-hybridized carbons (Fsp3) is 1.00. The minimum absolute atomic E-state index is 0.512. The first-order valence-corrected chi connectivity index (χ1v) is 14.2. The summed E-state index contributed by atoms with van der Waals surface area (Å²) >= 11 is 0. The number of nitrogens with two attached hydrogens (primary N) is 2. The molecule has 0 radical (unpaired) electrons. The van der Waals surface area contributed by atoms with Gasteiger partial charge in [0.25, 0.3) is 0 Å². The van der Waals surface area contributed by atoms with Gasteiger partial charge in [0.15, 0.2) is 0 Å². The van der Waals surface area contributed by atoms with Crippen molar-refractivity contribution in [3.63, 3.8) is 0 Å². The fourth-order valence-electron chi connectivity index (χ4n) is 2.06. The second kappa shape index (κ2) is 10.8. The van der Waals surface area contributed by atoms with Gasteiger partial charge < -0.3 is 0 Å². The zero-order valence-electron chi connectivity index (χ0n) is 15.3. The molecular weight excluding hydrogens is 371 g/mol. The molecule has 0 saturated carbocycles. The van der Waals surface area contributed by atoms with E-state index >= 15 is 0 Å². The molecule has 148 valence electrons. The number of hydrogen-bond donors (Lipinski definition) is 4. The number of rotatable bonds is 12. The van der Waals surface area contributed by atoms with E-state index in [4.69, 9.17) is 29.1 Å². The molecule has 1 aliphatic rings. The third-order valence-corrected chi connectivity index (χ3v) is 12.9. The van der Waals surface area contributed by atoms with E-state index in [-0.39, 0.29) is 0 Å². The van der Waals surface area contributed by atoms with Crippen molar-refractivity contribution in [2.75, 3.05) is 26.4 Å². The third kappa shape index (κ3) is 7.18. The zero-order valence-corrected chi connectivity index (χ0v) is 18.2. The molecule has 24 heavy (non-hydrogen) atoms. The molecule has 1 heterocycles. The van der Waals surface area contributed by atoms with Gasteiger partial charge in [-0.2, -0.15) is 0 Å². The molecular formula is C12H36N5O4P3. The van der Waals surface area contributed by atoms with Crippen LogP contribution in [-0.2, 0) is 18.1 Å². The second-order valence-corrected chi connectivity index (χ2v) is 13.4. The van der Waals surface area contributed by atoms with Crippen LogP contribution in [0.1, 0.15) is 53.4 Å². The summed E-state index contributed by atoms with van der Waals surface area (Å²) in [5.41, 5.74) is 12.5. The first-order chi connectivity index (χ1) is 11.4. The monoisotopic (exact) mass is 407 g/mol. The van der Waals surface area contributed by atoms with E-state index in [9.17, 15) is 0 Å². The molecule has 1 rings (SSSR count). The summed E-state index contributed by atoms with van der Waals surface area (Å²) in [6.07, 6.45) is 3.39. The molecule has 0 unspecified atom stereocenters. The van der Waals surface area contributed by atoms with Crippen molar-refractivity contribution in [2.45, 2.75) is 53.4 Å². The topological polar surface area (TPSA) is 125 Å². The summed E-state index contributed by atoms with van der Waals surface area (Å²) in [5.74, 6) is 0. The molecule has 9 nitrogen and oxygen atoms in total. The van der Waals surface area contributed by atoms with E-state index in [2.05, 4.69) is 14.2 Å². The van der Waals surface area contributed by atoms with Crippen molar-refractivity contribution >= 4 is 23.5 Å². The van der Waals surface area contributed by atoms with Crippen LogP contribution < -0.4 is 20.7 Å². The van der Waals surface area contributed by atoms with Gasteiger partial charge in [-0.3, -0.25) is 0 Å². The molecule has 1 aliphatic heterocycles. The van der Waals surface area contributed by atoms with Crippen molar-refractivity contribution in [1.29, 1.82) is 0 Å². The number of nitrogens with zero attached hydrogens (tertiary/aromatic N) is 1. The molecule has 0 aliphatic carbocycles. The van der Waals surface area contributed by atoms with Crippen LogP contribution >= 0.6 is 23.5 Å². The van der Waals surface area contributed by atoms with Gasteiger partial charge in [0, 0.05) is 0 Å². The molecule has 6 N–H and O–H groups in total. The summed E-state index contributed by atoms with van der Waals surface area (Å²) in [5, 5.41) is 0. The van der Waals surface area contributed by atoms with Crippen LogP contribution in [0.5, 0.6) is 0 Å². The van der Waals surface area contributed by atoms with Crippen LogP contribution in [0.15, 0.2) is 4.52 Å². The molecule has 0 fully saturated rings. The standard InChI is InChI=1S/C12H36N5O4P3/c1-5-9-18-23(19-10-6-2)15-22(13,14)16-24(17-23,20-11-7-3)21-12-8-4/h15,17,23-24H,5-14H2,1-4H3. The average Bonchev–Trinajstić information content (AvgIpc) is 2.53. The van der Waals surface area contributed by atoms with Gasteiger partial charge in [0.2, 0.25) is 0 Å². The molecule has 12 heteroatoms. The van der Waals surface area contributed by atoms with Gasteiger partial charge in [-0.25, -0.2) is 0 Å². The Bertz CT molecular complexity index is 407. The zero-order chi connectivity index (χ0) is 18.1.